The molecule has 2 heteroatoms. The number of hydrogen-bond acceptors (Lipinski definition) is 1. The van der Waals surface area contributed by atoms with Crippen molar-refractivity contribution in [2.45, 2.75) is 13.0 Å². The van der Waals surface area contributed by atoms with Crippen molar-refractivity contribution < 1.29 is 4.39 Å². The summed E-state index contributed by atoms with van der Waals surface area (Å²) >= 11 is 0. The Morgan fingerprint density at radius 2 is 1.94 bits per heavy atom. The zero-order valence-electron chi connectivity index (χ0n) is 10.2. The Kier molecular flexibility index (Phi) is 3.64. The first-order chi connectivity index (χ1) is 8.70. The van der Waals surface area contributed by atoms with Gasteiger partial charge in [0.25, 0.3) is 0 Å². The fourth-order valence-corrected chi connectivity index (χ4v) is 1.85. The van der Waals surface area contributed by atoms with Gasteiger partial charge in [0.05, 0.1) is 6.04 Å². The zero-order valence-corrected chi connectivity index (χ0v) is 10.2. The smallest absolute Gasteiger partial charge is 0.128 e. The quantitative estimate of drug-likeness (QED) is 0.799. The summed E-state index contributed by atoms with van der Waals surface area (Å²) in [4.78, 5) is 0. The second kappa shape index (κ2) is 5.37. The third kappa shape index (κ3) is 2.70. The van der Waals surface area contributed by atoms with Crippen molar-refractivity contribution in [1.82, 2.24) is 0 Å². The van der Waals surface area contributed by atoms with E-state index in [0.717, 1.165) is 11.3 Å². The van der Waals surface area contributed by atoms with Crippen molar-refractivity contribution in [3.8, 4) is 12.3 Å². The lowest BCUT2D eigenvalue weighted by Gasteiger charge is -2.16. The highest BCUT2D eigenvalue weighted by Crippen LogP contribution is 2.21. The van der Waals surface area contributed by atoms with Gasteiger partial charge in [-0.3, -0.25) is 0 Å². The van der Waals surface area contributed by atoms with Crippen molar-refractivity contribution in [3.63, 3.8) is 0 Å². The summed E-state index contributed by atoms with van der Waals surface area (Å²) < 4.78 is 13.6. The van der Waals surface area contributed by atoms with Crippen molar-refractivity contribution in [2.75, 3.05) is 5.32 Å². The molecule has 2 aromatic rings. The van der Waals surface area contributed by atoms with Gasteiger partial charge < -0.3 is 5.32 Å². The number of benzene rings is 2. The fourth-order valence-electron chi connectivity index (χ4n) is 1.85. The highest BCUT2D eigenvalue weighted by Gasteiger charge is 2.09. The largest absolute Gasteiger partial charge is 0.378 e. The SMILES string of the molecule is C#Cc1cccc(NC(C)c2ccccc2F)c1. The Bertz CT molecular complexity index is 584. The van der Waals surface area contributed by atoms with E-state index in [1.807, 2.05) is 37.3 Å². The van der Waals surface area contributed by atoms with Gasteiger partial charge in [-0.25, -0.2) is 4.39 Å². The van der Waals surface area contributed by atoms with Crippen molar-refractivity contribution in [3.05, 3.63) is 65.5 Å². The molecule has 2 aromatic carbocycles. The average Bonchev–Trinajstić information content (AvgIpc) is 2.39. The van der Waals surface area contributed by atoms with E-state index in [1.54, 1.807) is 12.1 Å². The standard InChI is InChI=1S/C16H14FN/c1-3-13-7-6-8-14(11-13)18-12(2)15-9-4-5-10-16(15)17/h1,4-12,18H,2H3. The highest BCUT2D eigenvalue weighted by molar-refractivity contribution is 5.51. The molecule has 1 atom stereocenters. The van der Waals surface area contributed by atoms with Crippen LogP contribution in [0.1, 0.15) is 24.1 Å². The van der Waals surface area contributed by atoms with Crippen LogP contribution in [0.25, 0.3) is 0 Å². The second-order valence-corrected chi connectivity index (χ2v) is 4.11. The molecule has 0 aliphatic heterocycles. The number of hydrogen-bond donors (Lipinski definition) is 1. The number of halogens is 1. The van der Waals surface area contributed by atoms with E-state index >= 15 is 0 Å². The van der Waals surface area contributed by atoms with E-state index in [2.05, 4.69) is 11.2 Å². The van der Waals surface area contributed by atoms with Gasteiger partial charge >= 0.3 is 0 Å². The molecule has 0 radical (unpaired) electrons. The van der Waals surface area contributed by atoms with E-state index in [0.29, 0.717) is 5.56 Å². The van der Waals surface area contributed by atoms with Crippen LogP contribution >= 0.6 is 0 Å². The summed E-state index contributed by atoms with van der Waals surface area (Å²) in [6, 6.07) is 14.2. The van der Waals surface area contributed by atoms with E-state index in [1.165, 1.54) is 6.07 Å². The van der Waals surface area contributed by atoms with E-state index < -0.39 is 0 Å². The summed E-state index contributed by atoms with van der Waals surface area (Å²) in [6.45, 7) is 1.92. The van der Waals surface area contributed by atoms with Gasteiger partial charge in [-0.05, 0) is 31.2 Å². The molecule has 0 saturated carbocycles. The Morgan fingerprint density at radius 3 is 2.67 bits per heavy atom. The van der Waals surface area contributed by atoms with E-state index in [-0.39, 0.29) is 11.9 Å². The predicted molar refractivity (Wildman–Crippen MR) is 72.8 cm³/mol. The first kappa shape index (κ1) is 12.2. The van der Waals surface area contributed by atoms with Gasteiger partial charge in [0.2, 0.25) is 0 Å². The Morgan fingerprint density at radius 1 is 1.17 bits per heavy atom. The molecular formula is C16H14FN. The van der Waals surface area contributed by atoms with Gasteiger partial charge in [-0.1, -0.05) is 30.2 Å². The minimum Gasteiger partial charge on any atom is -0.378 e. The maximum absolute atomic E-state index is 13.6. The highest BCUT2D eigenvalue weighted by atomic mass is 19.1. The van der Waals surface area contributed by atoms with Gasteiger partial charge in [-0.2, -0.15) is 0 Å². The Hall–Kier alpha value is -2.27. The van der Waals surface area contributed by atoms with Crippen LogP contribution in [-0.4, -0.2) is 0 Å². The summed E-state index contributed by atoms with van der Waals surface area (Å²) in [7, 11) is 0. The van der Waals surface area contributed by atoms with E-state index in [4.69, 9.17) is 6.42 Å². The molecule has 0 fully saturated rings. The molecular weight excluding hydrogens is 225 g/mol. The minimum absolute atomic E-state index is 0.112. The van der Waals surface area contributed by atoms with Crippen molar-refractivity contribution in [1.29, 1.82) is 0 Å². The van der Waals surface area contributed by atoms with Gasteiger partial charge in [0, 0.05) is 16.8 Å². The number of anilines is 1. The maximum atomic E-state index is 13.6. The third-order valence-electron chi connectivity index (χ3n) is 2.78. The molecule has 0 saturated heterocycles. The molecule has 0 bridgehead atoms. The van der Waals surface area contributed by atoms with Crippen LogP contribution in [0.15, 0.2) is 48.5 Å². The molecule has 0 aliphatic carbocycles. The lowest BCUT2D eigenvalue weighted by atomic mass is 10.1. The first-order valence-electron chi connectivity index (χ1n) is 5.78. The summed E-state index contributed by atoms with van der Waals surface area (Å²) in [6.07, 6.45) is 5.35. The number of terminal acetylenes is 1. The van der Waals surface area contributed by atoms with Gasteiger partial charge in [0.15, 0.2) is 0 Å². The number of rotatable bonds is 3. The predicted octanol–water partition coefficient (Wildman–Crippen LogP) is 3.98. The third-order valence-corrected chi connectivity index (χ3v) is 2.78. The van der Waals surface area contributed by atoms with Crippen LogP contribution < -0.4 is 5.32 Å². The molecule has 18 heavy (non-hydrogen) atoms. The molecule has 90 valence electrons. The molecule has 1 N–H and O–H groups in total. The maximum Gasteiger partial charge on any atom is 0.128 e. The van der Waals surface area contributed by atoms with Crippen LogP contribution in [0, 0.1) is 18.2 Å². The monoisotopic (exact) mass is 239 g/mol. The lowest BCUT2D eigenvalue weighted by molar-refractivity contribution is 0.600. The summed E-state index contributed by atoms with van der Waals surface area (Å²) in [5.41, 5.74) is 2.34. The second-order valence-electron chi connectivity index (χ2n) is 4.11. The molecule has 0 heterocycles. The fraction of sp³-hybridized carbons (Fsp3) is 0.125. The topological polar surface area (TPSA) is 12.0 Å². The van der Waals surface area contributed by atoms with Gasteiger partial charge in [0.1, 0.15) is 5.82 Å². The molecule has 2 rings (SSSR count). The summed E-state index contributed by atoms with van der Waals surface area (Å²) in [5, 5.41) is 3.24. The normalized spacial score (nSPS) is 11.6. The Labute approximate surface area is 107 Å². The van der Waals surface area contributed by atoms with Crippen molar-refractivity contribution >= 4 is 5.69 Å². The first-order valence-corrected chi connectivity index (χ1v) is 5.78. The molecule has 0 aliphatic rings. The van der Waals surface area contributed by atoms with Crippen LogP contribution in [-0.2, 0) is 0 Å². The molecule has 0 amide bonds. The minimum atomic E-state index is -0.203. The van der Waals surface area contributed by atoms with Gasteiger partial charge in [-0.15, -0.1) is 6.42 Å². The molecule has 1 nitrogen and oxygen atoms in total. The number of nitrogens with one attached hydrogen (secondary N) is 1. The lowest BCUT2D eigenvalue weighted by Crippen LogP contribution is -2.08. The Balaban J connectivity index is 2.19. The average molecular weight is 239 g/mol. The zero-order chi connectivity index (χ0) is 13.0. The molecule has 0 aromatic heterocycles. The van der Waals surface area contributed by atoms with Crippen molar-refractivity contribution in [2.24, 2.45) is 0 Å². The van der Waals surface area contributed by atoms with Crippen LogP contribution in [0.2, 0.25) is 0 Å². The van der Waals surface area contributed by atoms with E-state index in [9.17, 15) is 4.39 Å². The molecule has 1 unspecified atom stereocenters. The van der Waals surface area contributed by atoms with Crippen LogP contribution in [0.3, 0.4) is 0 Å². The molecule has 0 spiro atoms. The van der Waals surface area contributed by atoms with Crippen LogP contribution in [0.4, 0.5) is 10.1 Å². The summed E-state index contributed by atoms with van der Waals surface area (Å²) in [5.74, 6) is 2.37. The van der Waals surface area contributed by atoms with Crippen LogP contribution in [0.5, 0.6) is 0 Å².